The molecule has 0 radical (unpaired) electrons. The van der Waals surface area contributed by atoms with Gasteiger partial charge in [0.2, 0.25) is 0 Å². The summed E-state index contributed by atoms with van der Waals surface area (Å²) in [6, 6.07) is 2.89. The van der Waals surface area contributed by atoms with Crippen LogP contribution in [0.1, 0.15) is 75.0 Å². The minimum absolute atomic E-state index is 0.0106. The molecule has 6 rings (SSSR count). The number of carbonyl (C=O) groups is 2. The molecule has 4 aliphatic rings. The van der Waals surface area contributed by atoms with Crippen molar-refractivity contribution in [1.82, 2.24) is 16.1 Å². The van der Waals surface area contributed by atoms with Crippen LogP contribution in [0.3, 0.4) is 0 Å². The van der Waals surface area contributed by atoms with E-state index in [0.717, 1.165) is 66.9 Å². The summed E-state index contributed by atoms with van der Waals surface area (Å²) < 4.78 is 209. The second kappa shape index (κ2) is 18.2. The predicted octanol–water partition coefficient (Wildman–Crippen LogP) is 6.40. The number of carbonyl (C=O) groups excluding carboxylic acids is 2. The van der Waals surface area contributed by atoms with E-state index >= 15 is 0 Å². The van der Waals surface area contributed by atoms with Gasteiger partial charge in [-0.1, -0.05) is 30.1 Å². The number of alkyl halides is 10. The first-order valence-corrected chi connectivity index (χ1v) is 22.3. The lowest BCUT2D eigenvalue weighted by atomic mass is 9.95. The van der Waals surface area contributed by atoms with Gasteiger partial charge in [-0.3, -0.25) is 13.9 Å². The fourth-order valence-corrected chi connectivity index (χ4v) is 9.53. The van der Waals surface area contributed by atoms with Gasteiger partial charge in [-0.2, -0.15) is 70.5 Å². The SMILES string of the molecule is O=C(NC1CC2CCC1C2)C(F)(F)S(=O)(=O)ON=C(c1ccc(OCCCOc2ccc(C(NOS(=O)(=O)C(F)(F)C(=O)NC3CC4CCC3C4)C(F)(F)F)cc2)cc1)C(F)(F)F. The molecule has 2 aromatic rings. The third kappa shape index (κ3) is 10.9. The van der Waals surface area contributed by atoms with E-state index in [1.165, 1.54) is 0 Å². The minimum atomic E-state index is -6.33. The molecule has 3 N–H and O–H groups in total. The van der Waals surface area contributed by atoms with Crippen LogP contribution in [-0.2, 0) is 38.4 Å². The zero-order valence-electron chi connectivity index (χ0n) is 32.6. The topological polar surface area (TPSA) is 188 Å². The van der Waals surface area contributed by atoms with Crippen LogP contribution in [0, 0.1) is 23.7 Å². The molecule has 0 saturated heterocycles. The third-order valence-corrected chi connectivity index (χ3v) is 13.7. The van der Waals surface area contributed by atoms with E-state index in [2.05, 4.69) is 13.7 Å². The van der Waals surface area contributed by atoms with E-state index in [-0.39, 0.29) is 54.8 Å². The minimum Gasteiger partial charge on any atom is -0.493 e. The van der Waals surface area contributed by atoms with Crippen LogP contribution >= 0.6 is 0 Å². The van der Waals surface area contributed by atoms with Gasteiger partial charge in [-0.05, 0) is 104 Å². The Bertz CT molecular complexity index is 2230. The lowest BCUT2D eigenvalue weighted by molar-refractivity contribution is -0.175. The van der Waals surface area contributed by atoms with Crippen molar-refractivity contribution in [3.8, 4) is 11.5 Å². The Morgan fingerprint density at radius 2 is 1.11 bits per heavy atom. The third-order valence-electron chi connectivity index (χ3n) is 11.5. The standard InChI is InChI=1S/C37H40F10N4O10S2/c38-34(39,40)30(50-60-62(54,55)36(44,45)32(52)48-28-18-20-2-4-24(28)16-20)22-6-10-26(11-7-22)58-14-1-15-59-27-12-8-23(9-13-27)31(35(41,42)43)51-61-63(56,57)37(46,47)33(53)49-29-19-21-3-5-25(29)17-21/h6-13,20-21,24-25,28-30,50H,1-5,14-19H2,(H,48,52)(H,49,53). The Hall–Kier alpha value is -4.43. The average molecular weight is 955 g/mol. The number of halogens is 10. The number of benzene rings is 2. The van der Waals surface area contributed by atoms with Gasteiger partial charge in [0.25, 0.3) is 0 Å². The Balaban J connectivity index is 0.964. The first-order valence-electron chi connectivity index (χ1n) is 19.5. The number of hydroxylamine groups is 1. The molecule has 0 spiro atoms. The van der Waals surface area contributed by atoms with E-state index in [0.29, 0.717) is 38.5 Å². The van der Waals surface area contributed by atoms with Gasteiger partial charge >= 0.3 is 54.9 Å². The molecular weight excluding hydrogens is 915 g/mol. The van der Waals surface area contributed by atoms with Crippen molar-refractivity contribution < 1.29 is 88.4 Å². The normalized spacial score (nSPS) is 24.6. The molecule has 2 aromatic carbocycles. The number of amides is 2. The molecule has 4 aliphatic carbocycles. The van der Waals surface area contributed by atoms with Crippen LogP contribution in [0.4, 0.5) is 43.9 Å². The van der Waals surface area contributed by atoms with E-state index in [1.807, 2.05) is 10.6 Å². The van der Waals surface area contributed by atoms with Crippen molar-refractivity contribution in [3.63, 3.8) is 0 Å². The summed E-state index contributed by atoms with van der Waals surface area (Å²) in [4.78, 5) is 24.4. The van der Waals surface area contributed by atoms with Crippen molar-refractivity contribution in [2.45, 2.75) is 98.8 Å². The summed E-state index contributed by atoms with van der Waals surface area (Å²) in [5.74, 6) is -4.35. The molecule has 14 nitrogen and oxygen atoms in total. The van der Waals surface area contributed by atoms with Crippen LogP contribution in [-0.4, -0.2) is 82.5 Å². The Morgan fingerprint density at radius 1 is 0.651 bits per heavy atom. The highest BCUT2D eigenvalue weighted by Gasteiger charge is 2.58. The highest BCUT2D eigenvalue weighted by molar-refractivity contribution is 7.88. The summed E-state index contributed by atoms with van der Waals surface area (Å²) in [7, 11) is -12.6. The van der Waals surface area contributed by atoms with Crippen molar-refractivity contribution in [2.75, 3.05) is 13.2 Å². The summed E-state index contributed by atoms with van der Waals surface area (Å²) in [6.45, 7) is -0.283. The number of nitrogens with zero attached hydrogens (tertiary/aromatic N) is 1. The number of hydrogen-bond donors (Lipinski definition) is 3. The molecule has 0 aliphatic heterocycles. The number of fused-ring (bicyclic) bond motifs is 4. The highest BCUT2D eigenvalue weighted by Crippen LogP contribution is 2.46. The average Bonchev–Trinajstić information content (AvgIpc) is 4.02. The van der Waals surface area contributed by atoms with Crippen molar-refractivity contribution in [2.24, 2.45) is 28.8 Å². The van der Waals surface area contributed by atoms with E-state index in [1.54, 1.807) is 0 Å². The maximum Gasteiger partial charge on any atom is 0.459 e. The van der Waals surface area contributed by atoms with E-state index in [4.69, 9.17) is 9.47 Å². The van der Waals surface area contributed by atoms with Crippen LogP contribution in [0.25, 0.3) is 0 Å². The lowest BCUT2D eigenvalue weighted by Gasteiger charge is -2.26. The monoisotopic (exact) mass is 954 g/mol. The number of oxime groups is 1. The van der Waals surface area contributed by atoms with Crippen LogP contribution < -0.4 is 25.6 Å². The zero-order chi connectivity index (χ0) is 46.2. The molecule has 4 bridgehead atoms. The Labute approximate surface area is 353 Å². The number of nitrogens with one attached hydrogen (secondary N) is 3. The van der Waals surface area contributed by atoms with Gasteiger partial charge in [0.05, 0.1) is 13.2 Å². The predicted molar refractivity (Wildman–Crippen MR) is 198 cm³/mol. The van der Waals surface area contributed by atoms with Gasteiger partial charge in [0.1, 0.15) is 11.5 Å². The largest absolute Gasteiger partial charge is 0.493 e. The second-order valence-electron chi connectivity index (χ2n) is 15.8. The van der Waals surface area contributed by atoms with Gasteiger partial charge in [-0.25, -0.2) is 0 Å². The molecule has 7 atom stereocenters. The molecule has 350 valence electrons. The fourth-order valence-electron chi connectivity index (χ4n) is 8.37. The number of hydrogen-bond acceptors (Lipinski definition) is 12. The molecule has 63 heavy (non-hydrogen) atoms. The zero-order valence-corrected chi connectivity index (χ0v) is 34.2. The maximum atomic E-state index is 14.6. The summed E-state index contributed by atoms with van der Waals surface area (Å²) in [6.07, 6.45) is -5.53. The molecule has 4 fully saturated rings. The van der Waals surface area contributed by atoms with Crippen molar-refractivity contribution in [1.29, 1.82) is 0 Å². The summed E-state index contributed by atoms with van der Waals surface area (Å²) >= 11 is 0. The van der Waals surface area contributed by atoms with Crippen LogP contribution in [0.15, 0.2) is 53.7 Å². The maximum absolute atomic E-state index is 14.6. The molecule has 0 heterocycles. The van der Waals surface area contributed by atoms with Gasteiger partial charge in [-0.15, -0.1) is 0 Å². The van der Waals surface area contributed by atoms with Crippen LogP contribution in [0.5, 0.6) is 11.5 Å². The summed E-state index contributed by atoms with van der Waals surface area (Å²) in [5, 5.41) is -4.13. The smallest absolute Gasteiger partial charge is 0.459 e. The second-order valence-corrected chi connectivity index (χ2v) is 18.9. The van der Waals surface area contributed by atoms with Crippen molar-refractivity contribution in [3.05, 3.63) is 59.7 Å². The molecule has 0 aromatic heterocycles. The molecule has 4 saturated carbocycles. The Kier molecular flexibility index (Phi) is 13.9. The molecule has 7 unspecified atom stereocenters. The van der Waals surface area contributed by atoms with E-state index in [9.17, 15) is 70.3 Å². The molecule has 26 heteroatoms. The fraction of sp³-hybridized carbons (Fsp3) is 0.595. The summed E-state index contributed by atoms with van der Waals surface area (Å²) in [5.41, 5.74) is -2.46. The van der Waals surface area contributed by atoms with Gasteiger partial charge < -0.3 is 20.1 Å². The van der Waals surface area contributed by atoms with Gasteiger partial charge in [0.15, 0.2) is 11.8 Å². The van der Waals surface area contributed by atoms with Crippen LogP contribution in [0.2, 0.25) is 0 Å². The van der Waals surface area contributed by atoms with E-state index < -0.39 is 89.9 Å². The number of ether oxygens (including phenoxy) is 2. The molecule has 2 amide bonds. The lowest BCUT2D eigenvalue weighted by Crippen LogP contribution is -2.52. The molecular formula is C37H40F10N4O10S2. The highest BCUT2D eigenvalue weighted by atomic mass is 32.2. The number of rotatable bonds is 19. The first kappa shape index (κ1) is 48.0. The van der Waals surface area contributed by atoms with Gasteiger partial charge in [0, 0.05) is 24.1 Å². The van der Waals surface area contributed by atoms with Crippen molar-refractivity contribution >= 4 is 37.8 Å². The quantitative estimate of drug-likeness (QED) is 0.0613. The Morgan fingerprint density at radius 3 is 1.52 bits per heavy atom. The first-order chi connectivity index (χ1) is 29.3.